The lowest BCUT2D eigenvalue weighted by molar-refractivity contribution is -0.384. The van der Waals surface area contributed by atoms with Crippen LogP contribution in [0.25, 0.3) is 0 Å². The van der Waals surface area contributed by atoms with Crippen molar-refractivity contribution in [1.82, 2.24) is 0 Å². The van der Waals surface area contributed by atoms with E-state index in [-0.39, 0.29) is 5.69 Å². The molecule has 0 saturated carbocycles. The van der Waals surface area contributed by atoms with Crippen LogP contribution in [0, 0.1) is 10.1 Å². The number of nitro benzene ring substituents is 1. The maximum atomic E-state index is 10.5. The van der Waals surface area contributed by atoms with Crippen molar-refractivity contribution in [1.29, 1.82) is 0 Å². The van der Waals surface area contributed by atoms with Crippen LogP contribution in [0.15, 0.2) is 29.8 Å². The maximum absolute atomic E-state index is 10.5. The molecule has 0 spiro atoms. The van der Waals surface area contributed by atoms with Gasteiger partial charge in [0.25, 0.3) is 5.69 Å². The van der Waals surface area contributed by atoms with Crippen LogP contribution in [0.4, 0.5) is 11.4 Å². The first-order valence-corrected chi connectivity index (χ1v) is 4.81. The first-order valence-electron chi connectivity index (χ1n) is 4.81. The van der Waals surface area contributed by atoms with Crippen molar-refractivity contribution in [3.8, 4) is 5.75 Å². The molecule has 0 radical (unpaired) electrons. The number of hydrogen-bond donors (Lipinski definition) is 1. The van der Waals surface area contributed by atoms with Crippen molar-refractivity contribution in [3.05, 3.63) is 40.0 Å². The Morgan fingerprint density at radius 2 is 2.25 bits per heavy atom. The quantitative estimate of drug-likeness (QED) is 0.367. The molecule has 5 heteroatoms. The molecular formula is C11H14N2O3. The predicted molar refractivity (Wildman–Crippen MR) is 62.4 cm³/mol. The van der Waals surface area contributed by atoms with Gasteiger partial charge in [0.15, 0.2) is 0 Å². The zero-order valence-corrected chi connectivity index (χ0v) is 9.27. The fourth-order valence-corrected chi connectivity index (χ4v) is 1.06. The van der Waals surface area contributed by atoms with Crippen LogP contribution in [-0.2, 0) is 0 Å². The molecule has 2 N–H and O–H groups in total. The molecule has 16 heavy (non-hydrogen) atoms. The number of nitrogens with two attached hydrogens (primary N) is 1. The molecule has 0 saturated heterocycles. The highest BCUT2D eigenvalue weighted by atomic mass is 16.6. The number of benzene rings is 1. The summed E-state index contributed by atoms with van der Waals surface area (Å²) >= 11 is 0. The maximum Gasteiger partial charge on any atom is 0.273 e. The topological polar surface area (TPSA) is 78.4 Å². The van der Waals surface area contributed by atoms with Gasteiger partial charge >= 0.3 is 0 Å². The van der Waals surface area contributed by atoms with Crippen molar-refractivity contribution in [2.24, 2.45) is 0 Å². The minimum Gasteiger partial charge on any atom is -0.487 e. The second-order valence-corrected chi connectivity index (χ2v) is 3.57. The summed E-state index contributed by atoms with van der Waals surface area (Å²) in [6.07, 6.45) is 1.87. The molecular weight excluding hydrogens is 208 g/mol. The zero-order chi connectivity index (χ0) is 12.1. The number of anilines is 1. The lowest BCUT2D eigenvalue weighted by Gasteiger charge is -2.06. The lowest BCUT2D eigenvalue weighted by Crippen LogP contribution is -1.99. The van der Waals surface area contributed by atoms with Crippen molar-refractivity contribution in [2.45, 2.75) is 13.8 Å². The summed E-state index contributed by atoms with van der Waals surface area (Å²) in [5.41, 5.74) is 7.12. The average molecular weight is 222 g/mol. The summed E-state index contributed by atoms with van der Waals surface area (Å²) in [5.74, 6) is 0.340. The Balaban J connectivity index is 2.82. The third-order valence-corrected chi connectivity index (χ3v) is 1.94. The Bertz CT molecular complexity index is 423. The van der Waals surface area contributed by atoms with Gasteiger partial charge in [-0.25, -0.2) is 0 Å². The summed E-state index contributed by atoms with van der Waals surface area (Å²) in [7, 11) is 0. The van der Waals surface area contributed by atoms with E-state index in [0.29, 0.717) is 18.0 Å². The molecule has 0 unspecified atom stereocenters. The smallest absolute Gasteiger partial charge is 0.273 e. The van der Waals surface area contributed by atoms with Gasteiger partial charge < -0.3 is 10.5 Å². The van der Waals surface area contributed by atoms with Crippen LogP contribution >= 0.6 is 0 Å². The van der Waals surface area contributed by atoms with Crippen LogP contribution in [0.1, 0.15) is 13.8 Å². The number of nitrogen functional groups attached to an aromatic ring is 1. The van der Waals surface area contributed by atoms with Crippen LogP contribution < -0.4 is 10.5 Å². The summed E-state index contributed by atoms with van der Waals surface area (Å²) < 4.78 is 5.33. The molecule has 0 heterocycles. The highest BCUT2D eigenvalue weighted by molar-refractivity contribution is 5.57. The Hall–Kier alpha value is -2.04. The van der Waals surface area contributed by atoms with Crippen molar-refractivity contribution >= 4 is 11.4 Å². The van der Waals surface area contributed by atoms with E-state index in [1.165, 1.54) is 18.2 Å². The molecule has 1 aromatic carbocycles. The Morgan fingerprint density at radius 1 is 1.56 bits per heavy atom. The van der Waals surface area contributed by atoms with Gasteiger partial charge in [-0.05, 0) is 26.0 Å². The molecule has 0 amide bonds. The van der Waals surface area contributed by atoms with E-state index in [1.54, 1.807) is 0 Å². The highest BCUT2D eigenvalue weighted by Gasteiger charge is 2.09. The molecule has 0 aliphatic heterocycles. The molecule has 86 valence electrons. The number of allylic oxidation sites excluding steroid dienone is 1. The molecule has 0 aliphatic carbocycles. The second-order valence-electron chi connectivity index (χ2n) is 3.57. The first-order chi connectivity index (χ1) is 7.50. The first kappa shape index (κ1) is 12.0. The monoisotopic (exact) mass is 222 g/mol. The Morgan fingerprint density at radius 3 is 2.81 bits per heavy atom. The number of hydrogen-bond acceptors (Lipinski definition) is 4. The van der Waals surface area contributed by atoms with Gasteiger partial charge in [-0.2, -0.15) is 0 Å². The van der Waals surface area contributed by atoms with Gasteiger partial charge in [0.1, 0.15) is 12.4 Å². The van der Waals surface area contributed by atoms with Crippen molar-refractivity contribution in [2.75, 3.05) is 12.3 Å². The van der Waals surface area contributed by atoms with Crippen molar-refractivity contribution in [3.63, 3.8) is 0 Å². The summed E-state index contributed by atoms with van der Waals surface area (Å²) in [4.78, 5) is 10.1. The van der Waals surface area contributed by atoms with E-state index in [9.17, 15) is 10.1 Å². The molecule has 1 aromatic rings. The van der Waals surface area contributed by atoms with Crippen LogP contribution in [0.3, 0.4) is 0 Å². The lowest BCUT2D eigenvalue weighted by atomic mass is 10.2. The van der Waals surface area contributed by atoms with Gasteiger partial charge in [0.2, 0.25) is 0 Å². The van der Waals surface area contributed by atoms with E-state index < -0.39 is 4.92 Å². The van der Waals surface area contributed by atoms with Crippen molar-refractivity contribution < 1.29 is 9.66 Å². The minimum atomic E-state index is -0.479. The molecule has 0 aromatic heterocycles. The predicted octanol–water partition coefficient (Wildman–Crippen LogP) is 2.52. The molecule has 0 fully saturated rings. The van der Waals surface area contributed by atoms with Crippen LogP contribution in [0.5, 0.6) is 5.75 Å². The van der Waals surface area contributed by atoms with Crippen LogP contribution in [-0.4, -0.2) is 11.5 Å². The Kier molecular flexibility index (Phi) is 3.88. The summed E-state index contributed by atoms with van der Waals surface area (Å²) in [5, 5.41) is 10.5. The normalized spacial score (nSPS) is 9.62. The third kappa shape index (κ3) is 3.27. The van der Waals surface area contributed by atoms with Gasteiger partial charge in [-0.3, -0.25) is 10.1 Å². The highest BCUT2D eigenvalue weighted by Crippen LogP contribution is 2.26. The van der Waals surface area contributed by atoms with E-state index in [0.717, 1.165) is 5.57 Å². The standard InChI is InChI=1S/C11H14N2O3/c1-8(2)5-6-16-11-7-9(13(14)15)3-4-10(11)12/h3-5,7H,6,12H2,1-2H3. The van der Waals surface area contributed by atoms with Gasteiger partial charge in [-0.1, -0.05) is 5.57 Å². The number of rotatable bonds is 4. The third-order valence-electron chi connectivity index (χ3n) is 1.94. The van der Waals surface area contributed by atoms with E-state index in [4.69, 9.17) is 10.5 Å². The van der Waals surface area contributed by atoms with Gasteiger partial charge in [0, 0.05) is 6.07 Å². The van der Waals surface area contributed by atoms with E-state index in [1.807, 2.05) is 19.9 Å². The number of nitrogens with zero attached hydrogens (tertiary/aromatic N) is 1. The van der Waals surface area contributed by atoms with Gasteiger partial charge in [-0.15, -0.1) is 0 Å². The molecule has 0 aliphatic rings. The largest absolute Gasteiger partial charge is 0.487 e. The molecule has 0 bridgehead atoms. The summed E-state index contributed by atoms with van der Waals surface area (Å²) in [6, 6.07) is 4.15. The molecule has 1 rings (SSSR count). The Labute approximate surface area is 93.7 Å². The SMILES string of the molecule is CC(C)=CCOc1cc([N+](=O)[O-])ccc1N. The second kappa shape index (κ2) is 5.16. The molecule has 5 nitrogen and oxygen atoms in total. The fourth-order valence-electron chi connectivity index (χ4n) is 1.06. The minimum absolute atomic E-state index is 0.0265. The van der Waals surface area contributed by atoms with Crippen LogP contribution in [0.2, 0.25) is 0 Å². The van der Waals surface area contributed by atoms with E-state index in [2.05, 4.69) is 0 Å². The number of nitro groups is 1. The number of non-ortho nitro benzene ring substituents is 1. The summed E-state index contributed by atoms with van der Waals surface area (Å²) in [6.45, 7) is 4.24. The average Bonchev–Trinajstić information content (AvgIpc) is 2.20. The number of ether oxygens (including phenoxy) is 1. The van der Waals surface area contributed by atoms with E-state index >= 15 is 0 Å². The fraction of sp³-hybridized carbons (Fsp3) is 0.273. The van der Waals surface area contributed by atoms with Gasteiger partial charge in [0.05, 0.1) is 16.7 Å². The zero-order valence-electron chi connectivity index (χ0n) is 9.27. The molecule has 0 atom stereocenters.